The monoisotopic (exact) mass is 575 g/mol. The Kier molecular flexibility index (Phi) is 6.94. The SMILES string of the molecule is C[C@]12CC(=O)[C@@]3(F)[C@@H](C[C@H](F)C4=CC(=O)C=C[C@@]43C)[C@@H]1CC(F)[C@@H]2C(=O)COC(=O)OCc1ccccc1[N+](=O)[O-]. The van der Waals surface area contributed by atoms with Crippen LogP contribution >= 0.6 is 0 Å². The minimum Gasteiger partial charge on any atom is -0.429 e. The molecule has 0 amide bonds. The van der Waals surface area contributed by atoms with Crippen molar-refractivity contribution in [2.75, 3.05) is 6.61 Å². The molecule has 0 bridgehead atoms. The van der Waals surface area contributed by atoms with Gasteiger partial charge in [0.05, 0.1) is 21.8 Å². The summed E-state index contributed by atoms with van der Waals surface area (Å²) >= 11 is 0. The van der Waals surface area contributed by atoms with Crippen molar-refractivity contribution in [3.05, 3.63) is 63.7 Å². The highest BCUT2D eigenvalue weighted by molar-refractivity contribution is 6.03. The highest BCUT2D eigenvalue weighted by atomic mass is 19.1. The Bertz CT molecular complexity index is 1410. The number of Topliss-reactive ketones (excluding diaryl/α,β-unsaturated/α-hetero) is 2. The molecule has 1 unspecified atom stereocenters. The maximum atomic E-state index is 17.0. The molecule has 0 heterocycles. The Labute approximate surface area is 232 Å². The van der Waals surface area contributed by atoms with Crippen molar-refractivity contribution in [1.29, 1.82) is 0 Å². The van der Waals surface area contributed by atoms with Gasteiger partial charge in [-0.1, -0.05) is 25.1 Å². The van der Waals surface area contributed by atoms with Gasteiger partial charge in [-0.15, -0.1) is 0 Å². The molecule has 4 aliphatic carbocycles. The topological polar surface area (TPSA) is 130 Å². The summed E-state index contributed by atoms with van der Waals surface area (Å²) in [6.45, 7) is 1.47. The Balaban J connectivity index is 1.31. The first-order chi connectivity index (χ1) is 19.2. The number of rotatable bonds is 6. The van der Waals surface area contributed by atoms with E-state index in [1.54, 1.807) is 0 Å². The van der Waals surface area contributed by atoms with E-state index in [2.05, 4.69) is 0 Å². The number of hydrogen-bond acceptors (Lipinski definition) is 8. The molecule has 5 rings (SSSR count). The smallest absolute Gasteiger partial charge is 0.429 e. The van der Waals surface area contributed by atoms with Crippen molar-refractivity contribution in [3.8, 4) is 0 Å². The first kappa shape index (κ1) is 28.7. The zero-order chi connectivity index (χ0) is 29.9. The van der Waals surface area contributed by atoms with Crippen molar-refractivity contribution in [1.82, 2.24) is 0 Å². The highest BCUT2D eigenvalue weighted by Crippen LogP contribution is 2.68. The second-order valence-corrected chi connectivity index (χ2v) is 11.7. The van der Waals surface area contributed by atoms with Crippen molar-refractivity contribution in [3.63, 3.8) is 0 Å². The van der Waals surface area contributed by atoms with Gasteiger partial charge in [-0.25, -0.2) is 18.0 Å². The summed E-state index contributed by atoms with van der Waals surface area (Å²) in [6.07, 6.45) is -2.72. The number of nitro groups is 1. The lowest BCUT2D eigenvalue weighted by atomic mass is 9.45. The van der Waals surface area contributed by atoms with Crippen LogP contribution < -0.4 is 0 Å². The van der Waals surface area contributed by atoms with Gasteiger partial charge in [0.1, 0.15) is 19.0 Å². The van der Waals surface area contributed by atoms with Gasteiger partial charge in [0.25, 0.3) is 5.69 Å². The summed E-state index contributed by atoms with van der Waals surface area (Å²) in [5.74, 6) is -5.78. The van der Waals surface area contributed by atoms with Crippen LogP contribution in [0.2, 0.25) is 0 Å². The van der Waals surface area contributed by atoms with Crippen LogP contribution in [0.5, 0.6) is 0 Å². The van der Waals surface area contributed by atoms with Crippen LogP contribution in [0.15, 0.2) is 48.1 Å². The first-order valence-corrected chi connectivity index (χ1v) is 13.2. The minimum atomic E-state index is -2.60. The molecule has 218 valence electrons. The molecule has 41 heavy (non-hydrogen) atoms. The van der Waals surface area contributed by atoms with Gasteiger partial charge in [-0.2, -0.15) is 0 Å². The third-order valence-corrected chi connectivity index (χ3v) is 9.59. The van der Waals surface area contributed by atoms with Crippen LogP contribution in [-0.2, 0) is 30.5 Å². The molecule has 0 radical (unpaired) electrons. The van der Waals surface area contributed by atoms with E-state index in [0.717, 1.165) is 12.2 Å². The molecule has 4 aliphatic rings. The van der Waals surface area contributed by atoms with E-state index in [-0.39, 0.29) is 23.2 Å². The van der Waals surface area contributed by atoms with Crippen LogP contribution in [0, 0.1) is 38.7 Å². The number of para-hydroxylation sites is 1. The number of hydrogen-bond donors (Lipinski definition) is 0. The second-order valence-electron chi connectivity index (χ2n) is 11.7. The molecular formula is C29H28F3NO8. The third kappa shape index (κ3) is 4.29. The summed E-state index contributed by atoms with van der Waals surface area (Å²) in [4.78, 5) is 61.2. The molecule has 1 aromatic carbocycles. The Morgan fingerprint density at radius 1 is 1.10 bits per heavy atom. The maximum absolute atomic E-state index is 17.0. The van der Waals surface area contributed by atoms with E-state index < -0.39 is 101 Å². The average Bonchev–Trinajstić information content (AvgIpc) is 3.18. The van der Waals surface area contributed by atoms with E-state index in [9.17, 15) is 29.3 Å². The van der Waals surface area contributed by atoms with Crippen LogP contribution in [0.3, 0.4) is 0 Å². The summed E-state index contributed by atoms with van der Waals surface area (Å²) in [5, 5.41) is 11.1. The number of carbonyl (C=O) groups excluding carboxylic acids is 4. The number of allylic oxidation sites excluding steroid dienone is 4. The molecule has 9 nitrogen and oxygen atoms in total. The number of alkyl halides is 3. The third-order valence-electron chi connectivity index (χ3n) is 9.59. The van der Waals surface area contributed by atoms with E-state index in [0.29, 0.717) is 0 Å². The number of ketones is 3. The summed E-state index contributed by atoms with van der Waals surface area (Å²) in [5.41, 5.74) is -5.99. The fraction of sp³-hybridized carbons (Fsp3) is 0.517. The van der Waals surface area contributed by atoms with Crippen molar-refractivity contribution in [2.45, 2.75) is 57.7 Å². The summed E-state index contributed by atoms with van der Waals surface area (Å²) in [6, 6.07) is 5.55. The number of carbonyl (C=O) groups is 4. The van der Waals surface area contributed by atoms with E-state index in [1.165, 1.54) is 44.2 Å². The predicted octanol–water partition coefficient (Wildman–Crippen LogP) is 4.91. The molecule has 12 heteroatoms. The number of ether oxygens (including phenoxy) is 2. The van der Waals surface area contributed by atoms with Crippen LogP contribution in [0.25, 0.3) is 0 Å². The van der Waals surface area contributed by atoms with Gasteiger partial charge >= 0.3 is 6.16 Å². The molecule has 0 aliphatic heterocycles. The predicted molar refractivity (Wildman–Crippen MR) is 136 cm³/mol. The molecule has 8 atom stereocenters. The highest BCUT2D eigenvalue weighted by Gasteiger charge is 2.74. The van der Waals surface area contributed by atoms with E-state index in [4.69, 9.17) is 9.47 Å². The van der Waals surface area contributed by atoms with Gasteiger partial charge in [-0.05, 0) is 54.9 Å². The zero-order valence-electron chi connectivity index (χ0n) is 22.3. The van der Waals surface area contributed by atoms with Crippen LogP contribution in [-0.4, -0.2) is 53.0 Å². The molecule has 3 fully saturated rings. The average molecular weight is 576 g/mol. The van der Waals surface area contributed by atoms with Crippen LogP contribution in [0.1, 0.15) is 38.7 Å². The van der Waals surface area contributed by atoms with E-state index >= 15 is 13.2 Å². The lowest BCUT2D eigenvalue weighted by Crippen LogP contribution is -2.66. The molecule has 0 N–H and O–H groups in total. The molecule has 1 aromatic rings. The number of benzene rings is 1. The Hall–Kier alpha value is -3.83. The van der Waals surface area contributed by atoms with Gasteiger partial charge in [0, 0.05) is 18.4 Å². The van der Waals surface area contributed by atoms with Gasteiger partial charge in [0.15, 0.2) is 29.6 Å². The van der Waals surface area contributed by atoms with Gasteiger partial charge in [0.2, 0.25) is 0 Å². The Morgan fingerprint density at radius 3 is 2.51 bits per heavy atom. The van der Waals surface area contributed by atoms with Crippen molar-refractivity contribution < 1.29 is 46.7 Å². The molecule has 0 spiro atoms. The fourth-order valence-electron chi connectivity index (χ4n) is 7.69. The normalized spacial score (nSPS) is 37.4. The Morgan fingerprint density at radius 2 is 1.80 bits per heavy atom. The van der Waals surface area contributed by atoms with Crippen molar-refractivity contribution >= 4 is 29.2 Å². The largest absolute Gasteiger partial charge is 0.509 e. The summed E-state index contributed by atoms with van der Waals surface area (Å²) in [7, 11) is 0. The molecule has 3 saturated carbocycles. The van der Waals surface area contributed by atoms with Crippen molar-refractivity contribution in [2.24, 2.45) is 28.6 Å². The lowest BCUT2D eigenvalue weighted by molar-refractivity contribution is -0.385. The maximum Gasteiger partial charge on any atom is 0.509 e. The zero-order valence-corrected chi connectivity index (χ0v) is 22.3. The second kappa shape index (κ2) is 9.92. The summed E-state index contributed by atoms with van der Waals surface area (Å²) < 4.78 is 57.7. The number of nitrogens with zero attached hydrogens (tertiary/aromatic N) is 1. The number of halogens is 3. The molecule has 0 aromatic heterocycles. The fourth-order valence-corrected chi connectivity index (χ4v) is 7.69. The standard InChI is InChI=1S/C29H28F3NO8/c1-27-12-24(36)29(32)18(11-20(30)19-9-16(34)7-8-28(19,29)2)17(27)10-21(31)25(27)23(35)14-41-26(37)40-13-15-5-3-4-6-22(15)33(38)39/h3-9,17-18,20-21,25H,10-14H2,1-2H3/t17-,18-,20-,21?,25+,27-,28-,29-/m0/s1. The van der Waals surface area contributed by atoms with E-state index in [1.807, 2.05) is 0 Å². The van der Waals surface area contributed by atoms with Crippen LogP contribution in [0.4, 0.5) is 23.7 Å². The van der Waals surface area contributed by atoms with Gasteiger partial charge in [-0.3, -0.25) is 24.5 Å². The molecular weight excluding hydrogens is 547 g/mol. The molecule has 0 saturated heterocycles. The van der Waals surface area contributed by atoms with Gasteiger partial charge < -0.3 is 9.47 Å². The quantitative estimate of drug-likeness (QED) is 0.266. The first-order valence-electron chi connectivity index (χ1n) is 13.2. The lowest BCUT2D eigenvalue weighted by Gasteiger charge is -2.59. The number of fused-ring (bicyclic) bond motifs is 5. The minimum absolute atomic E-state index is 0.0914. The number of nitro benzene ring substituents is 1.